The van der Waals surface area contributed by atoms with Crippen LogP contribution in [0.2, 0.25) is 0 Å². The number of halogens is 1. The van der Waals surface area contributed by atoms with Crippen LogP contribution in [0.25, 0.3) is 11.1 Å². The zero-order valence-electron chi connectivity index (χ0n) is 16.2. The van der Waals surface area contributed by atoms with E-state index in [1.807, 2.05) is 32.2 Å². The lowest BCUT2D eigenvalue weighted by Gasteiger charge is -2.11. The van der Waals surface area contributed by atoms with Crippen molar-refractivity contribution >= 4 is 17.5 Å². The first-order chi connectivity index (χ1) is 14.3. The predicted octanol–water partition coefficient (Wildman–Crippen LogP) is 4.78. The molecule has 0 saturated heterocycles. The molecule has 4 aromatic rings. The predicted molar refractivity (Wildman–Crippen MR) is 112 cm³/mol. The number of aromatic amines is 1. The summed E-state index contributed by atoms with van der Waals surface area (Å²) in [4.78, 5) is 12.8. The summed E-state index contributed by atoms with van der Waals surface area (Å²) < 4.78 is 13.1. The zero-order chi connectivity index (χ0) is 20.5. The molecule has 3 heterocycles. The van der Waals surface area contributed by atoms with Gasteiger partial charge >= 0.3 is 0 Å². The van der Waals surface area contributed by atoms with Gasteiger partial charge in [-0.25, -0.2) is 14.4 Å². The first-order valence-electron chi connectivity index (χ1n) is 9.29. The molecule has 0 aliphatic heterocycles. The maximum absolute atomic E-state index is 13.1. The zero-order valence-corrected chi connectivity index (χ0v) is 16.2. The smallest absolute Gasteiger partial charge is 0.150 e. The van der Waals surface area contributed by atoms with E-state index in [0.29, 0.717) is 24.0 Å². The molecule has 3 N–H and O–H groups in total. The first-order valence-corrected chi connectivity index (χ1v) is 9.29. The van der Waals surface area contributed by atoms with Gasteiger partial charge in [0, 0.05) is 30.7 Å². The highest BCUT2D eigenvalue weighted by Gasteiger charge is 2.07. The summed E-state index contributed by atoms with van der Waals surface area (Å²) >= 11 is 0. The molecule has 0 atom stereocenters. The monoisotopic (exact) mass is 391 g/mol. The van der Waals surface area contributed by atoms with Crippen LogP contribution in [0.15, 0.2) is 67.4 Å². The van der Waals surface area contributed by atoms with Crippen molar-refractivity contribution in [2.45, 2.75) is 20.4 Å². The Balaban J connectivity index is 0.00000117. The minimum Gasteiger partial charge on any atom is -0.366 e. The van der Waals surface area contributed by atoms with Crippen LogP contribution in [0.5, 0.6) is 0 Å². The van der Waals surface area contributed by atoms with E-state index in [1.54, 1.807) is 36.9 Å². The van der Waals surface area contributed by atoms with E-state index in [-0.39, 0.29) is 5.82 Å². The molecule has 0 aliphatic rings. The number of benzene rings is 1. The number of nitrogens with one attached hydrogen (secondary N) is 3. The molecule has 0 spiro atoms. The Bertz CT molecular complexity index is 1000. The van der Waals surface area contributed by atoms with Gasteiger partial charge in [-0.3, -0.25) is 10.1 Å². The number of H-pyrrole nitrogens is 1. The number of nitrogens with zero attached hydrogens (tertiary/aromatic N) is 4. The van der Waals surface area contributed by atoms with Gasteiger partial charge in [-0.2, -0.15) is 5.10 Å². The Morgan fingerprint density at radius 2 is 1.72 bits per heavy atom. The van der Waals surface area contributed by atoms with E-state index < -0.39 is 0 Å². The average molecular weight is 391 g/mol. The molecule has 0 saturated carbocycles. The van der Waals surface area contributed by atoms with E-state index >= 15 is 0 Å². The molecule has 3 aromatic heterocycles. The molecule has 0 amide bonds. The van der Waals surface area contributed by atoms with Crippen molar-refractivity contribution in [2.24, 2.45) is 0 Å². The highest BCUT2D eigenvalue weighted by atomic mass is 19.1. The lowest BCUT2D eigenvalue weighted by atomic mass is 10.1. The minimum absolute atomic E-state index is 0.255. The number of aromatic nitrogens is 5. The normalized spacial score (nSPS) is 10.0. The summed E-state index contributed by atoms with van der Waals surface area (Å²) in [5.41, 5.74) is 2.83. The van der Waals surface area contributed by atoms with Gasteiger partial charge in [0.2, 0.25) is 0 Å². The van der Waals surface area contributed by atoms with Crippen molar-refractivity contribution < 1.29 is 4.39 Å². The van der Waals surface area contributed by atoms with Crippen LogP contribution < -0.4 is 10.6 Å². The quantitative estimate of drug-likeness (QED) is 0.438. The molecule has 0 fully saturated rings. The summed E-state index contributed by atoms with van der Waals surface area (Å²) in [6.45, 7) is 4.52. The molecule has 0 radical (unpaired) electrons. The van der Waals surface area contributed by atoms with Gasteiger partial charge in [-0.1, -0.05) is 26.0 Å². The Labute approximate surface area is 168 Å². The SMILES string of the molecule is CC.Fc1ccc(CNc2cc(-c3cn[nH]c3)cc(Nc3cnccn3)n2)cc1. The van der Waals surface area contributed by atoms with Crippen LogP contribution >= 0.6 is 0 Å². The fourth-order valence-electron chi connectivity index (χ4n) is 2.55. The number of rotatable bonds is 6. The maximum Gasteiger partial charge on any atom is 0.150 e. The lowest BCUT2D eigenvalue weighted by molar-refractivity contribution is 0.627. The fraction of sp³-hybridized carbons (Fsp3) is 0.143. The molecule has 8 heteroatoms. The van der Waals surface area contributed by atoms with Crippen LogP contribution in [-0.4, -0.2) is 25.1 Å². The van der Waals surface area contributed by atoms with Crippen LogP contribution in [0.1, 0.15) is 19.4 Å². The van der Waals surface area contributed by atoms with Crippen LogP contribution in [-0.2, 0) is 6.54 Å². The number of hydrogen-bond acceptors (Lipinski definition) is 6. The van der Waals surface area contributed by atoms with Crippen LogP contribution in [0.3, 0.4) is 0 Å². The van der Waals surface area contributed by atoms with E-state index in [1.165, 1.54) is 12.1 Å². The second-order valence-corrected chi connectivity index (χ2v) is 5.81. The fourth-order valence-corrected chi connectivity index (χ4v) is 2.55. The number of pyridine rings is 1. The summed E-state index contributed by atoms with van der Waals surface area (Å²) in [5, 5.41) is 13.2. The topological polar surface area (TPSA) is 91.4 Å². The Morgan fingerprint density at radius 1 is 0.931 bits per heavy atom. The van der Waals surface area contributed by atoms with Crippen molar-refractivity contribution in [1.82, 2.24) is 25.1 Å². The molecule has 0 unspecified atom stereocenters. The molecule has 7 nitrogen and oxygen atoms in total. The number of anilines is 3. The molecule has 0 bridgehead atoms. The van der Waals surface area contributed by atoms with Crippen LogP contribution in [0, 0.1) is 5.82 Å². The van der Waals surface area contributed by atoms with Gasteiger partial charge in [-0.05, 0) is 35.4 Å². The minimum atomic E-state index is -0.255. The molecule has 1 aromatic carbocycles. The largest absolute Gasteiger partial charge is 0.366 e. The van der Waals surface area contributed by atoms with E-state index in [4.69, 9.17) is 0 Å². The molecule has 29 heavy (non-hydrogen) atoms. The second kappa shape index (κ2) is 9.93. The third kappa shape index (κ3) is 5.58. The van der Waals surface area contributed by atoms with E-state index in [2.05, 4.69) is 35.8 Å². The van der Waals surface area contributed by atoms with Crippen molar-refractivity contribution in [2.75, 3.05) is 10.6 Å². The third-order valence-corrected chi connectivity index (χ3v) is 3.86. The number of hydrogen-bond donors (Lipinski definition) is 3. The Hall–Kier alpha value is -3.81. The summed E-state index contributed by atoms with van der Waals surface area (Å²) in [6, 6.07) is 10.2. The van der Waals surface area contributed by atoms with Crippen molar-refractivity contribution in [3.05, 3.63) is 78.8 Å². The van der Waals surface area contributed by atoms with Gasteiger partial charge in [0.15, 0.2) is 0 Å². The van der Waals surface area contributed by atoms with Crippen LogP contribution in [0.4, 0.5) is 21.8 Å². The Morgan fingerprint density at radius 3 is 2.41 bits per heavy atom. The van der Waals surface area contributed by atoms with E-state index in [0.717, 1.165) is 16.7 Å². The van der Waals surface area contributed by atoms with Gasteiger partial charge in [0.1, 0.15) is 23.3 Å². The molecular weight excluding hydrogens is 369 g/mol. The van der Waals surface area contributed by atoms with Crippen molar-refractivity contribution in [3.63, 3.8) is 0 Å². The molecule has 148 valence electrons. The van der Waals surface area contributed by atoms with Gasteiger partial charge in [0.05, 0.1) is 12.4 Å². The Kier molecular flexibility index (Phi) is 6.83. The summed E-state index contributed by atoms with van der Waals surface area (Å²) in [7, 11) is 0. The summed E-state index contributed by atoms with van der Waals surface area (Å²) in [5.74, 6) is 1.63. The first kappa shape index (κ1) is 19.9. The summed E-state index contributed by atoms with van der Waals surface area (Å²) in [6.07, 6.45) is 8.39. The highest BCUT2D eigenvalue weighted by Crippen LogP contribution is 2.25. The molecule has 4 rings (SSSR count). The third-order valence-electron chi connectivity index (χ3n) is 3.86. The maximum atomic E-state index is 13.1. The second-order valence-electron chi connectivity index (χ2n) is 5.81. The highest BCUT2D eigenvalue weighted by molar-refractivity contribution is 5.70. The van der Waals surface area contributed by atoms with E-state index in [9.17, 15) is 4.39 Å². The van der Waals surface area contributed by atoms with Crippen molar-refractivity contribution in [3.8, 4) is 11.1 Å². The average Bonchev–Trinajstić information content (AvgIpc) is 3.31. The molecular formula is C21H22FN7. The standard InChI is InChI=1S/C19H16FN7.C2H6/c20-16-3-1-13(2-4-16)9-23-17-7-14(15-10-24-25-11-15)8-18(26-17)27-19-12-21-5-6-22-19;1-2/h1-8,10-12H,9H2,(H,24,25)(H2,22,23,26,27);1-2H3. The lowest BCUT2D eigenvalue weighted by Crippen LogP contribution is -2.04. The van der Waals surface area contributed by atoms with Gasteiger partial charge in [0.25, 0.3) is 0 Å². The van der Waals surface area contributed by atoms with Gasteiger partial charge in [-0.15, -0.1) is 0 Å². The molecule has 0 aliphatic carbocycles. The van der Waals surface area contributed by atoms with Gasteiger partial charge < -0.3 is 10.6 Å². The van der Waals surface area contributed by atoms with Crippen molar-refractivity contribution in [1.29, 1.82) is 0 Å².